The Morgan fingerprint density at radius 2 is 1.67 bits per heavy atom. The van der Waals surface area contributed by atoms with Crippen LogP contribution in [0.3, 0.4) is 0 Å². The summed E-state index contributed by atoms with van der Waals surface area (Å²) in [6.07, 6.45) is 1.69. The maximum Gasteiger partial charge on any atom is 0.150 e. The van der Waals surface area contributed by atoms with Gasteiger partial charge in [0.15, 0.2) is 0 Å². The molecule has 0 aliphatic rings. The van der Waals surface area contributed by atoms with Crippen molar-refractivity contribution in [1.82, 2.24) is 0 Å². The molecule has 0 heterocycles. The van der Waals surface area contributed by atoms with Crippen LogP contribution in [0.25, 0.3) is 0 Å². The zero-order valence-corrected chi connectivity index (χ0v) is 10.4. The highest BCUT2D eigenvalue weighted by Crippen LogP contribution is 2.12. The first kappa shape index (κ1) is 12.4. The molecule has 2 aromatic rings. The average Bonchev–Trinajstić information content (AvgIpc) is 2.42. The maximum absolute atomic E-state index is 10.5. The Labute approximate surface area is 107 Å². The van der Waals surface area contributed by atoms with Crippen molar-refractivity contribution in [3.8, 4) is 5.75 Å². The lowest BCUT2D eigenvalue weighted by atomic mass is 10.1. The van der Waals surface area contributed by atoms with Gasteiger partial charge in [-0.1, -0.05) is 42.0 Å². The molecule has 92 valence electrons. The molecule has 18 heavy (non-hydrogen) atoms. The normalized spacial score (nSPS) is 10.1. The van der Waals surface area contributed by atoms with E-state index in [2.05, 4.69) is 6.92 Å². The molecule has 0 amide bonds. The van der Waals surface area contributed by atoms with Crippen molar-refractivity contribution in [2.45, 2.75) is 13.3 Å². The number of carbonyl (C=O) groups is 1. The molecule has 0 aliphatic heterocycles. The van der Waals surface area contributed by atoms with E-state index in [1.54, 1.807) is 0 Å². The van der Waals surface area contributed by atoms with Gasteiger partial charge >= 0.3 is 0 Å². The molecule has 2 rings (SSSR count). The molecule has 0 saturated carbocycles. The Morgan fingerprint density at radius 3 is 2.28 bits per heavy atom. The smallest absolute Gasteiger partial charge is 0.150 e. The van der Waals surface area contributed by atoms with Crippen LogP contribution in [0.1, 0.15) is 21.5 Å². The third-order valence-corrected chi connectivity index (χ3v) is 2.80. The minimum absolute atomic E-state index is 0.642. The molecule has 2 aromatic carbocycles. The second kappa shape index (κ2) is 6.01. The van der Waals surface area contributed by atoms with Gasteiger partial charge in [-0.25, -0.2) is 0 Å². The summed E-state index contributed by atoms with van der Waals surface area (Å²) in [7, 11) is 0. The number of aryl methyl sites for hydroxylation is 1. The van der Waals surface area contributed by atoms with Gasteiger partial charge in [0.05, 0.1) is 6.61 Å². The molecule has 0 saturated heterocycles. The Kier molecular flexibility index (Phi) is 4.13. The molecule has 0 aromatic heterocycles. The van der Waals surface area contributed by atoms with Crippen molar-refractivity contribution in [2.24, 2.45) is 0 Å². The fourth-order valence-corrected chi connectivity index (χ4v) is 1.68. The number of benzene rings is 2. The first-order valence-electron chi connectivity index (χ1n) is 6.01. The van der Waals surface area contributed by atoms with Gasteiger partial charge in [-0.2, -0.15) is 0 Å². The lowest BCUT2D eigenvalue weighted by Crippen LogP contribution is -2.01. The van der Waals surface area contributed by atoms with Crippen LogP contribution in [-0.2, 0) is 6.42 Å². The summed E-state index contributed by atoms with van der Waals surface area (Å²) < 4.78 is 5.65. The number of ether oxygens (including phenoxy) is 1. The Hall–Kier alpha value is -2.09. The van der Waals surface area contributed by atoms with E-state index in [9.17, 15) is 4.79 Å². The van der Waals surface area contributed by atoms with Crippen molar-refractivity contribution >= 4 is 6.29 Å². The summed E-state index contributed by atoms with van der Waals surface area (Å²) in [6.45, 7) is 2.70. The van der Waals surface area contributed by atoms with Crippen molar-refractivity contribution in [2.75, 3.05) is 6.61 Å². The highest BCUT2D eigenvalue weighted by Gasteiger charge is 1.96. The second-order valence-corrected chi connectivity index (χ2v) is 4.27. The number of hydrogen-bond donors (Lipinski definition) is 0. The molecular formula is C16H16O2. The number of carbonyl (C=O) groups excluding carboxylic acids is 1. The van der Waals surface area contributed by atoms with E-state index in [4.69, 9.17) is 4.74 Å². The van der Waals surface area contributed by atoms with E-state index >= 15 is 0 Å². The zero-order valence-electron chi connectivity index (χ0n) is 10.4. The van der Waals surface area contributed by atoms with Gasteiger partial charge in [-0.3, -0.25) is 4.79 Å². The van der Waals surface area contributed by atoms with Crippen LogP contribution in [0.15, 0.2) is 48.5 Å². The average molecular weight is 240 g/mol. The number of aldehydes is 1. The molecule has 2 nitrogen and oxygen atoms in total. The Bertz CT molecular complexity index is 498. The summed E-state index contributed by atoms with van der Waals surface area (Å²) in [4.78, 5) is 10.5. The standard InChI is InChI=1S/C16H16O2/c1-13-2-8-16(9-3-13)18-11-10-14-4-6-15(12-17)7-5-14/h2-9,12H,10-11H2,1H3. The van der Waals surface area contributed by atoms with Gasteiger partial charge in [-0.15, -0.1) is 0 Å². The largest absolute Gasteiger partial charge is 0.493 e. The molecular weight excluding hydrogens is 224 g/mol. The number of rotatable bonds is 5. The van der Waals surface area contributed by atoms with Crippen LogP contribution in [-0.4, -0.2) is 12.9 Å². The Morgan fingerprint density at radius 1 is 1.00 bits per heavy atom. The lowest BCUT2D eigenvalue weighted by Gasteiger charge is -2.06. The molecule has 0 spiro atoms. The van der Waals surface area contributed by atoms with Crippen LogP contribution >= 0.6 is 0 Å². The van der Waals surface area contributed by atoms with Gasteiger partial charge < -0.3 is 4.74 Å². The quantitative estimate of drug-likeness (QED) is 0.748. The minimum Gasteiger partial charge on any atom is -0.493 e. The van der Waals surface area contributed by atoms with Crippen LogP contribution in [0, 0.1) is 6.92 Å². The first-order valence-corrected chi connectivity index (χ1v) is 6.01. The molecule has 0 fully saturated rings. The summed E-state index contributed by atoms with van der Waals surface area (Å²) >= 11 is 0. The van der Waals surface area contributed by atoms with Gasteiger partial charge in [0, 0.05) is 12.0 Å². The molecule has 0 aliphatic carbocycles. The fourth-order valence-electron chi connectivity index (χ4n) is 1.68. The van der Waals surface area contributed by atoms with E-state index < -0.39 is 0 Å². The van der Waals surface area contributed by atoms with E-state index in [0.29, 0.717) is 12.2 Å². The molecule has 0 atom stereocenters. The highest BCUT2D eigenvalue weighted by molar-refractivity contribution is 5.74. The number of hydrogen-bond acceptors (Lipinski definition) is 2. The minimum atomic E-state index is 0.642. The van der Waals surface area contributed by atoms with Gasteiger partial charge in [0.1, 0.15) is 12.0 Å². The van der Waals surface area contributed by atoms with E-state index in [1.807, 2.05) is 48.5 Å². The highest BCUT2D eigenvalue weighted by atomic mass is 16.5. The zero-order chi connectivity index (χ0) is 12.8. The van der Waals surface area contributed by atoms with Crippen LogP contribution in [0.2, 0.25) is 0 Å². The summed E-state index contributed by atoms with van der Waals surface area (Å²) in [6, 6.07) is 15.6. The predicted molar refractivity (Wildman–Crippen MR) is 72.2 cm³/mol. The third kappa shape index (κ3) is 3.45. The first-order chi connectivity index (χ1) is 8.78. The SMILES string of the molecule is Cc1ccc(OCCc2ccc(C=O)cc2)cc1. The molecule has 0 N–H and O–H groups in total. The summed E-state index contributed by atoms with van der Waals surface area (Å²) in [5.41, 5.74) is 3.11. The van der Waals surface area contributed by atoms with Crippen molar-refractivity contribution in [3.05, 3.63) is 65.2 Å². The maximum atomic E-state index is 10.5. The fraction of sp³-hybridized carbons (Fsp3) is 0.188. The van der Waals surface area contributed by atoms with Gasteiger partial charge in [0.25, 0.3) is 0 Å². The topological polar surface area (TPSA) is 26.3 Å². The molecule has 0 bridgehead atoms. The summed E-state index contributed by atoms with van der Waals surface area (Å²) in [5, 5.41) is 0. The van der Waals surface area contributed by atoms with Crippen molar-refractivity contribution in [1.29, 1.82) is 0 Å². The van der Waals surface area contributed by atoms with E-state index in [-0.39, 0.29) is 0 Å². The summed E-state index contributed by atoms with van der Waals surface area (Å²) in [5.74, 6) is 0.894. The van der Waals surface area contributed by atoms with E-state index in [0.717, 1.165) is 18.5 Å². The van der Waals surface area contributed by atoms with Crippen LogP contribution < -0.4 is 4.74 Å². The van der Waals surface area contributed by atoms with Crippen molar-refractivity contribution < 1.29 is 9.53 Å². The van der Waals surface area contributed by atoms with Gasteiger partial charge in [0.2, 0.25) is 0 Å². The van der Waals surface area contributed by atoms with Crippen molar-refractivity contribution in [3.63, 3.8) is 0 Å². The van der Waals surface area contributed by atoms with E-state index in [1.165, 1.54) is 11.1 Å². The second-order valence-electron chi connectivity index (χ2n) is 4.27. The molecule has 2 heteroatoms. The lowest BCUT2D eigenvalue weighted by molar-refractivity contribution is 0.112. The van der Waals surface area contributed by atoms with Gasteiger partial charge in [-0.05, 0) is 24.6 Å². The monoisotopic (exact) mass is 240 g/mol. The van der Waals surface area contributed by atoms with Crippen LogP contribution in [0.4, 0.5) is 0 Å². The molecule has 0 radical (unpaired) electrons. The predicted octanol–water partition coefficient (Wildman–Crippen LogP) is 3.43. The molecule has 0 unspecified atom stereocenters. The Balaban J connectivity index is 1.84. The van der Waals surface area contributed by atoms with Crippen LogP contribution in [0.5, 0.6) is 5.75 Å². The third-order valence-electron chi connectivity index (χ3n) is 2.80.